The standard InChI is InChI=1S/C61H85N11O23/c1-5-32(4)51(71-55(88)39(20-24-49(81)82)65-52(85)36(17-21-46(75)76)66-56(89)40(27-33-10-7-6-8-11-33)69-58(91)42(29-50(83)84)63-45(74)30-62)60(93)72-25-9-12-44(72)59(92)67-38(19-23-48(79)80)53(86)64-37(18-22-47(77)78)54(87)68-41(28-34-13-15-35(73)16-14-34)57(90)70-43(61(94)95)26-31(2)3/h6-8,10-11,13-16,31-32,36-44,51,73H,5,9,12,17-30,62H2,1-4H3,(H,63,74)(H,64,86)(H,65,85)(H,66,89)(H,67,92)(H,68,87)(H,69,91)(H,70,90)(H,71,88)(H,75,76)(H,77,78)(H,79,80)(H,81,82)(H,83,84)(H,94,95)/t32-,36-,37-,38-,39-,40-,41-,42-,43-,44-,51-/m0/s1. The first-order valence-corrected chi connectivity index (χ1v) is 30.6. The van der Waals surface area contributed by atoms with Crippen LogP contribution in [0.4, 0.5) is 0 Å². The largest absolute Gasteiger partial charge is 0.508 e. The topological polar surface area (TPSA) is 552 Å². The zero-order valence-electron chi connectivity index (χ0n) is 52.8. The van der Waals surface area contributed by atoms with Gasteiger partial charge in [-0.15, -0.1) is 0 Å². The maximum absolute atomic E-state index is 14.8. The molecule has 95 heavy (non-hydrogen) atoms. The smallest absolute Gasteiger partial charge is 0.326 e. The lowest BCUT2D eigenvalue weighted by Gasteiger charge is -2.33. The molecule has 0 aromatic heterocycles. The van der Waals surface area contributed by atoms with Crippen molar-refractivity contribution in [3.63, 3.8) is 0 Å². The third-order valence-corrected chi connectivity index (χ3v) is 15.2. The number of phenolic OH excluding ortho intramolecular Hbond substituents is 1. The molecule has 1 heterocycles. The van der Waals surface area contributed by atoms with E-state index in [1.807, 2.05) is 0 Å². The Bertz CT molecular complexity index is 3080. The highest BCUT2D eigenvalue weighted by molar-refractivity contribution is 6.00. The molecule has 0 saturated carbocycles. The number of rotatable bonds is 42. The number of likely N-dealkylation sites (tertiary alicyclic amines) is 1. The molecule has 522 valence electrons. The van der Waals surface area contributed by atoms with E-state index in [1.54, 1.807) is 51.1 Å². The number of carbonyl (C=O) groups is 16. The second kappa shape index (κ2) is 39.3. The summed E-state index contributed by atoms with van der Waals surface area (Å²) in [5.41, 5.74) is 6.12. The van der Waals surface area contributed by atoms with E-state index in [0.717, 1.165) is 4.90 Å². The summed E-state index contributed by atoms with van der Waals surface area (Å²) in [5.74, 6) is -20.9. The zero-order chi connectivity index (χ0) is 71.2. The van der Waals surface area contributed by atoms with Gasteiger partial charge in [-0.2, -0.15) is 0 Å². The molecular weight excluding hydrogens is 1250 g/mol. The Labute approximate surface area is 545 Å². The summed E-state index contributed by atoms with van der Waals surface area (Å²) in [5, 5.41) is 89.1. The number of hydrogen-bond acceptors (Lipinski definition) is 18. The van der Waals surface area contributed by atoms with Crippen LogP contribution in [0.2, 0.25) is 0 Å². The maximum Gasteiger partial charge on any atom is 0.326 e. The van der Waals surface area contributed by atoms with E-state index in [2.05, 4.69) is 47.9 Å². The van der Waals surface area contributed by atoms with Gasteiger partial charge >= 0.3 is 35.8 Å². The van der Waals surface area contributed by atoms with E-state index in [0.29, 0.717) is 11.1 Å². The molecule has 1 aliphatic heterocycles. The predicted molar refractivity (Wildman–Crippen MR) is 329 cm³/mol. The van der Waals surface area contributed by atoms with Crippen LogP contribution in [-0.2, 0) is 89.6 Å². The van der Waals surface area contributed by atoms with Crippen molar-refractivity contribution < 1.29 is 112 Å². The Kier molecular flexibility index (Phi) is 32.7. The van der Waals surface area contributed by atoms with Crippen molar-refractivity contribution in [2.45, 2.75) is 184 Å². The van der Waals surface area contributed by atoms with E-state index in [4.69, 9.17) is 5.73 Å². The number of carboxylic acids is 6. The van der Waals surface area contributed by atoms with Gasteiger partial charge in [-0.3, -0.25) is 71.9 Å². The maximum atomic E-state index is 14.8. The molecule has 1 saturated heterocycles. The van der Waals surface area contributed by atoms with Crippen LogP contribution >= 0.6 is 0 Å². The number of benzene rings is 2. The second-order valence-electron chi connectivity index (χ2n) is 23.2. The predicted octanol–water partition coefficient (Wildman–Crippen LogP) is -2.40. The normalized spacial score (nSPS) is 15.8. The van der Waals surface area contributed by atoms with Gasteiger partial charge in [0.05, 0.1) is 13.0 Å². The van der Waals surface area contributed by atoms with Gasteiger partial charge in [0, 0.05) is 45.1 Å². The lowest BCUT2D eigenvalue weighted by molar-refractivity contribution is -0.144. The van der Waals surface area contributed by atoms with Crippen LogP contribution in [0, 0.1) is 11.8 Å². The average molecular weight is 1340 g/mol. The van der Waals surface area contributed by atoms with Gasteiger partial charge in [-0.1, -0.05) is 76.6 Å². The van der Waals surface area contributed by atoms with Crippen molar-refractivity contribution >= 4 is 94.9 Å². The highest BCUT2D eigenvalue weighted by atomic mass is 16.4. The molecule has 3 rings (SSSR count). The third-order valence-electron chi connectivity index (χ3n) is 15.2. The first kappa shape index (κ1) is 79.0. The Morgan fingerprint density at radius 1 is 0.484 bits per heavy atom. The van der Waals surface area contributed by atoms with Crippen molar-refractivity contribution in [3.8, 4) is 5.75 Å². The minimum Gasteiger partial charge on any atom is -0.508 e. The molecule has 1 fully saturated rings. The number of nitrogens with zero attached hydrogens (tertiary/aromatic N) is 1. The first-order chi connectivity index (χ1) is 44.7. The number of amides is 10. The molecule has 0 aliphatic carbocycles. The first-order valence-electron chi connectivity index (χ1n) is 30.6. The summed E-state index contributed by atoms with van der Waals surface area (Å²) < 4.78 is 0. The van der Waals surface area contributed by atoms with Gasteiger partial charge in [-0.25, -0.2) is 4.79 Å². The van der Waals surface area contributed by atoms with E-state index < -0.39 is 226 Å². The minimum atomic E-state index is -1.85. The lowest BCUT2D eigenvalue weighted by atomic mass is 9.96. The summed E-state index contributed by atoms with van der Waals surface area (Å²) >= 11 is 0. The van der Waals surface area contributed by atoms with Crippen molar-refractivity contribution in [1.82, 2.24) is 52.8 Å². The molecule has 2 aromatic rings. The molecule has 34 nitrogen and oxygen atoms in total. The van der Waals surface area contributed by atoms with Gasteiger partial charge in [-0.05, 0) is 80.0 Å². The molecule has 10 amide bonds. The van der Waals surface area contributed by atoms with E-state index in [-0.39, 0.29) is 56.7 Å². The van der Waals surface area contributed by atoms with Crippen LogP contribution < -0.4 is 53.6 Å². The highest BCUT2D eigenvalue weighted by Crippen LogP contribution is 2.23. The minimum absolute atomic E-state index is 0.0247. The Balaban J connectivity index is 1.96. The number of carboxylic acid groups (broad SMARTS) is 6. The van der Waals surface area contributed by atoms with E-state index in [1.165, 1.54) is 31.2 Å². The molecule has 2 aromatic carbocycles. The SMILES string of the molecule is CC[C@H](C)[C@H](NC(=O)[C@H](CCC(=O)O)NC(=O)[C@H](CCC(=O)O)NC(=O)[C@H](Cc1ccccc1)NC(=O)[C@H](CC(=O)O)NC(=O)CN)C(=O)N1CCC[C@H]1C(=O)N[C@@H](CCC(=O)O)C(=O)N[C@@H](CCC(=O)O)C(=O)N[C@@H](Cc1ccc(O)cc1)C(=O)N[C@@H](CC(C)C)C(=O)O. The molecule has 34 heteroatoms. The molecule has 0 radical (unpaired) electrons. The molecule has 0 spiro atoms. The van der Waals surface area contributed by atoms with Crippen LogP contribution in [0.15, 0.2) is 54.6 Å². The number of nitrogens with one attached hydrogen (secondary N) is 9. The van der Waals surface area contributed by atoms with Gasteiger partial charge in [0.2, 0.25) is 59.1 Å². The fraction of sp³-hybridized carbons (Fsp3) is 0.541. The summed E-state index contributed by atoms with van der Waals surface area (Å²) in [6.45, 7) is 5.77. The number of carbonyl (C=O) groups excluding carboxylic acids is 10. The number of phenols is 1. The lowest BCUT2D eigenvalue weighted by Crippen LogP contribution is -2.61. The Morgan fingerprint density at radius 3 is 1.27 bits per heavy atom. The fourth-order valence-electron chi connectivity index (χ4n) is 9.93. The number of aromatic hydroxyl groups is 1. The Morgan fingerprint density at radius 2 is 0.874 bits per heavy atom. The summed E-state index contributed by atoms with van der Waals surface area (Å²) in [6, 6.07) is -3.47. The van der Waals surface area contributed by atoms with Crippen LogP contribution in [0.25, 0.3) is 0 Å². The molecule has 0 bridgehead atoms. The molecule has 1 aliphatic rings. The Hall–Kier alpha value is -10.3. The number of hydrogen-bond donors (Lipinski definition) is 17. The van der Waals surface area contributed by atoms with Crippen molar-refractivity contribution in [2.75, 3.05) is 13.1 Å². The van der Waals surface area contributed by atoms with Crippen molar-refractivity contribution in [3.05, 3.63) is 65.7 Å². The molecular formula is C61H85N11O23. The van der Waals surface area contributed by atoms with Crippen LogP contribution in [0.5, 0.6) is 5.75 Å². The van der Waals surface area contributed by atoms with E-state index >= 15 is 0 Å². The van der Waals surface area contributed by atoms with Crippen LogP contribution in [-0.4, -0.2) is 209 Å². The van der Waals surface area contributed by atoms with Crippen LogP contribution in [0.1, 0.15) is 122 Å². The van der Waals surface area contributed by atoms with Gasteiger partial charge in [0.15, 0.2) is 0 Å². The second-order valence-corrected chi connectivity index (χ2v) is 23.2. The van der Waals surface area contributed by atoms with Crippen molar-refractivity contribution in [1.29, 1.82) is 0 Å². The van der Waals surface area contributed by atoms with Gasteiger partial charge in [0.1, 0.15) is 66.2 Å². The van der Waals surface area contributed by atoms with Gasteiger partial charge in [0.25, 0.3) is 0 Å². The third kappa shape index (κ3) is 27.8. The van der Waals surface area contributed by atoms with Crippen LogP contribution in [0.3, 0.4) is 0 Å². The molecule has 0 unspecified atom stereocenters. The van der Waals surface area contributed by atoms with Gasteiger partial charge < -0.3 is 94.2 Å². The summed E-state index contributed by atoms with van der Waals surface area (Å²) in [7, 11) is 0. The summed E-state index contributed by atoms with van der Waals surface area (Å²) in [4.78, 5) is 212. The molecule has 18 N–H and O–H groups in total. The fourth-order valence-corrected chi connectivity index (χ4v) is 9.93. The van der Waals surface area contributed by atoms with Crippen molar-refractivity contribution in [2.24, 2.45) is 17.6 Å². The number of aliphatic carboxylic acids is 6. The van der Waals surface area contributed by atoms with E-state index in [9.17, 15) is 112 Å². The quantitative estimate of drug-likeness (QED) is 0.0329. The molecule has 11 atom stereocenters. The highest BCUT2D eigenvalue weighted by Gasteiger charge is 2.42. The summed E-state index contributed by atoms with van der Waals surface area (Å²) in [6.07, 6.45) is -7.16. The monoisotopic (exact) mass is 1340 g/mol. The number of nitrogens with two attached hydrogens (primary N) is 1. The average Bonchev–Trinajstić information content (AvgIpc) is 1.77. The zero-order valence-corrected chi connectivity index (χ0v) is 52.8.